The van der Waals surface area contributed by atoms with Crippen molar-refractivity contribution < 1.29 is 0 Å². The molecule has 72 valence electrons. The minimum absolute atomic E-state index is 0.0225. The van der Waals surface area contributed by atoms with Gasteiger partial charge in [-0.25, -0.2) is 0 Å². The second-order valence-corrected chi connectivity index (χ2v) is 4.77. The lowest BCUT2D eigenvalue weighted by Crippen LogP contribution is -2.04. The summed E-state index contributed by atoms with van der Waals surface area (Å²) in [5.74, 6) is 0. The van der Waals surface area contributed by atoms with Crippen molar-refractivity contribution in [3.63, 3.8) is 0 Å². The number of hydrogen-bond acceptors (Lipinski definition) is 1. The third kappa shape index (κ3) is 1.42. The van der Waals surface area contributed by atoms with E-state index in [0.29, 0.717) is 9.86 Å². The number of rotatable bonds is 0. The van der Waals surface area contributed by atoms with Crippen LogP contribution in [0, 0.1) is 6.92 Å². The van der Waals surface area contributed by atoms with Crippen LogP contribution in [-0.4, -0.2) is 4.98 Å². The number of nitrogens with one attached hydrogen (secondary N) is 1. The number of halogens is 2. The van der Waals surface area contributed by atoms with Crippen molar-refractivity contribution in [3.8, 4) is 0 Å². The minimum atomic E-state index is 0.0225. The van der Waals surface area contributed by atoms with Crippen LogP contribution in [0.3, 0.4) is 0 Å². The van der Waals surface area contributed by atoms with E-state index in [-0.39, 0.29) is 5.43 Å². The van der Waals surface area contributed by atoms with E-state index in [2.05, 4.69) is 36.8 Å². The summed E-state index contributed by atoms with van der Waals surface area (Å²) in [6, 6.07) is 3.70. The van der Waals surface area contributed by atoms with Gasteiger partial charge in [0.15, 0.2) is 0 Å². The van der Waals surface area contributed by atoms with Crippen LogP contribution in [0.5, 0.6) is 0 Å². The molecule has 0 unspecified atom stereocenters. The molecule has 0 amide bonds. The molecule has 0 aliphatic heterocycles. The quantitative estimate of drug-likeness (QED) is 0.794. The van der Waals surface area contributed by atoms with Gasteiger partial charge in [-0.1, -0.05) is 15.9 Å². The Hall–Kier alpha value is -0.610. The van der Waals surface area contributed by atoms with Crippen molar-refractivity contribution in [2.24, 2.45) is 0 Å². The molecule has 1 aromatic heterocycles. The summed E-state index contributed by atoms with van der Waals surface area (Å²) in [6.45, 7) is 1.97. The van der Waals surface area contributed by atoms with Crippen LogP contribution in [0.25, 0.3) is 10.9 Å². The molecular weight excluding hydrogens is 310 g/mol. The minimum Gasteiger partial charge on any atom is -0.360 e. The van der Waals surface area contributed by atoms with Crippen LogP contribution < -0.4 is 5.43 Å². The standard InChI is InChI=1S/C10H7Br2NO/c1-5-7(11)3-2-6-9(5)13-4-8(12)10(6)14/h2-4H,1H3,(H,13,14). The maximum atomic E-state index is 11.7. The van der Waals surface area contributed by atoms with E-state index >= 15 is 0 Å². The maximum Gasteiger partial charge on any atom is 0.203 e. The highest BCUT2D eigenvalue weighted by Crippen LogP contribution is 2.22. The highest BCUT2D eigenvalue weighted by molar-refractivity contribution is 9.10. The number of fused-ring (bicyclic) bond motifs is 1. The number of aryl methyl sites for hydroxylation is 1. The first kappa shape index (κ1) is 9.93. The van der Waals surface area contributed by atoms with E-state index in [1.807, 2.05) is 19.1 Å². The van der Waals surface area contributed by atoms with Crippen molar-refractivity contribution >= 4 is 42.8 Å². The van der Waals surface area contributed by atoms with Crippen LogP contribution in [0.2, 0.25) is 0 Å². The predicted molar refractivity (Wildman–Crippen MR) is 64.7 cm³/mol. The van der Waals surface area contributed by atoms with E-state index in [9.17, 15) is 4.79 Å². The molecule has 0 bridgehead atoms. The third-order valence-electron chi connectivity index (χ3n) is 2.20. The Morgan fingerprint density at radius 2 is 1.93 bits per heavy atom. The number of aromatic amines is 1. The summed E-state index contributed by atoms with van der Waals surface area (Å²) in [7, 11) is 0. The zero-order valence-electron chi connectivity index (χ0n) is 7.40. The van der Waals surface area contributed by atoms with E-state index in [1.165, 1.54) is 0 Å². The Bertz CT molecular complexity index is 560. The summed E-state index contributed by atoms with van der Waals surface area (Å²) < 4.78 is 1.56. The zero-order valence-corrected chi connectivity index (χ0v) is 10.6. The van der Waals surface area contributed by atoms with Crippen LogP contribution in [0.4, 0.5) is 0 Å². The summed E-state index contributed by atoms with van der Waals surface area (Å²) >= 11 is 6.63. The highest BCUT2D eigenvalue weighted by atomic mass is 79.9. The molecule has 0 saturated heterocycles. The van der Waals surface area contributed by atoms with Crippen molar-refractivity contribution in [2.45, 2.75) is 6.92 Å². The van der Waals surface area contributed by atoms with Gasteiger partial charge in [-0.3, -0.25) is 4.79 Å². The van der Waals surface area contributed by atoms with Gasteiger partial charge in [0, 0.05) is 16.1 Å². The number of H-pyrrole nitrogens is 1. The zero-order chi connectivity index (χ0) is 10.3. The van der Waals surface area contributed by atoms with Crippen molar-refractivity contribution in [2.75, 3.05) is 0 Å². The topological polar surface area (TPSA) is 32.9 Å². The molecule has 0 radical (unpaired) electrons. The van der Waals surface area contributed by atoms with Gasteiger partial charge in [0.1, 0.15) is 0 Å². The fourth-order valence-electron chi connectivity index (χ4n) is 1.39. The van der Waals surface area contributed by atoms with E-state index in [1.54, 1.807) is 6.20 Å². The fourth-order valence-corrected chi connectivity index (χ4v) is 2.05. The number of benzene rings is 1. The molecule has 1 aromatic carbocycles. The molecule has 0 spiro atoms. The second-order valence-electron chi connectivity index (χ2n) is 3.06. The predicted octanol–water partition coefficient (Wildman–Crippen LogP) is 3.36. The fraction of sp³-hybridized carbons (Fsp3) is 0.100. The molecule has 0 fully saturated rings. The molecule has 0 atom stereocenters. The van der Waals surface area contributed by atoms with Crippen molar-refractivity contribution in [1.82, 2.24) is 4.98 Å². The Kier molecular flexibility index (Phi) is 2.49. The summed E-state index contributed by atoms with van der Waals surface area (Å²) in [6.07, 6.45) is 1.67. The van der Waals surface area contributed by atoms with Gasteiger partial charge in [-0.05, 0) is 40.5 Å². The first-order valence-corrected chi connectivity index (χ1v) is 5.66. The van der Waals surface area contributed by atoms with E-state index < -0.39 is 0 Å². The number of aromatic nitrogens is 1. The third-order valence-corrected chi connectivity index (χ3v) is 3.65. The summed E-state index contributed by atoms with van der Waals surface area (Å²) in [5, 5.41) is 0.708. The van der Waals surface area contributed by atoms with Gasteiger partial charge in [-0.15, -0.1) is 0 Å². The Labute approximate surface area is 97.6 Å². The van der Waals surface area contributed by atoms with Gasteiger partial charge in [-0.2, -0.15) is 0 Å². The number of pyridine rings is 1. The molecular formula is C10H7Br2NO. The monoisotopic (exact) mass is 315 g/mol. The Balaban J connectivity index is 3.02. The van der Waals surface area contributed by atoms with Crippen LogP contribution in [0.1, 0.15) is 5.56 Å². The van der Waals surface area contributed by atoms with Gasteiger partial charge in [0.05, 0.1) is 9.99 Å². The van der Waals surface area contributed by atoms with Crippen LogP contribution in [-0.2, 0) is 0 Å². The second kappa shape index (κ2) is 3.51. The van der Waals surface area contributed by atoms with Gasteiger partial charge in [0.2, 0.25) is 5.43 Å². The summed E-state index contributed by atoms with van der Waals surface area (Å²) in [4.78, 5) is 14.8. The smallest absolute Gasteiger partial charge is 0.203 e. The molecule has 0 aliphatic rings. The highest BCUT2D eigenvalue weighted by Gasteiger charge is 2.06. The van der Waals surface area contributed by atoms with Crippen molar-refractivity contribution in [1.29, 1.82) is 0 Å². The molecule has 1 heterocycles. The van der Waals surface area contributed by atoms with E-state index in [0.717, 1.165) is 15.6 Å². The average molecular weight is 317 g/mol. The maximum absolute atomic E-state index is 11.7. The number of hydrogen-bond donors (Lipinski definition) is 1. The Morgan fingerprint density at radius 3 is 2.64 bits per heavy atom. The lowest BCUT2D eigenvalue weighted by molar-refractivity contribution is 1.32. The Morgan fingerprint density at radius 1 is 1.21 bits per heavy atom. The van der Waals surface area contributed by atoms with Crippen LogP contribution >= 0.6 is 31.9 Å². The molecule has 4 heteroatoms. The molecule has 2 rings (SSSR count). The van der Waals surface area contributed by atoms with E-state index in [4.69, 9.17) is 0 Å². The molecule has 2 aromatic rings. The van der Waals surface area contributed by atoms with Gasteiger partial charge < -0.3 is 4.98 Å². The molecule has 0 saturated carbocycles. The van der Waals surface area contributed by atoms with Gasteiger partial charge in [0.25, 0.3) is 0 Å². The van der Waals surface area contributed by atoms with Crippen molar-refractivity contribution in [3.05, 3.63) is 43.1 Å². The largest absolute Gasteiger partial charge is 0.360 e. The molecule has 1 N–H and O–H groups in total. The average Bonchev–Trinajstić information content (AvgIpc) is 2.17. The summed E-state index contributed by atoms with van der Waals surface area (Å²) in [5.41, 5.74) is 1.95. The first-order chi connectivity index (χ1) is 6.61. The molecule has 14 heavy (non-hydrogen) atoms. The SMILES string of the molecule is Cc1c(Br)ccc2c(=O)c(Br)c[nH]c12. The molecule has 0 aliphatic carbocycles. The first-order valence-electron chi connectivity index (χ1n) is 4.07. The lowest BCUT2D eigenvalue weighted by atomic mass is 10.1. The lowest BCUT2D eigenvalue weighted by Gasteiger charge is -2.03. The normalized spacial score (nSPS) is 10.8. The molecule has 2 nitrogen and oxygen atoms in total. The van der Waals surface area contributed by atoms with Crippen LogP contribution in [0.15, 0.2) is 32.1 Å². The van der Waals surface area contributed by atoms with Gasteiger partial charge >= 0.3 is 0 Å².